The predicted molar refractivity (Wildman–Crippen MR) is 128 cm³/mol. The minimum atomic E-state index is -0.425. The molecule has 0 radical (unpaired) electrons. The summed E-state index contributed by atoms with van der Waals surface area (Å²) in [6.45, 7) is 3.15. The third-order valence-corrected chi connectivity index (χ3v) is 7.44. The molecule has 0 saturated carbocycles. The standard InChI is InChI=1S/C23H22FN5O2S2/c1-14(21(30)26-22-25-18-6-2-3-7-19(18)33-22)32-23-28-27-20(15-8-10-16(24)11-9-15)29(23)13-17-5-4-12-31-17/h2-3,6-11,14,17H,4-5,12-13H2,1H3,(H,25,26,30). The quantitative estimate of drug-likeness (QED) is 0.373. The van der Waals surface area contributed by atoms with E-state index in [9.17, 15) is 9.18 Å². The number of halogens is 1. The van der Waals surface area contributed by atoms with E-state index >= 15 is 0 Å². The van der Waals surface area contributed by atoms with Crippen molar-refractivity contribution in [1.29, 1.82) is 0 Å². The molecule has 1 aliphatic heterocycles. The first-order chi connectivity index (χ1) is 16.1. The predicted octanol–water partition coefficient (Wildman–Crippen LogP) is 4.99. The fourth-order valence-electron chi connectivity index (χ4n) is 3.69. The summed E-state index contributed by atoms with van der Waals surface area (Å²) in [4.78, 5) is 17.4. The van der Waals surface area contributed by atoms with Crippen LogP contribution in [0.5, 0.6) is 0 Å². The Bertz CT molecular complexity index is 1230. The Labute approximate surface area is 198 Å². The lowest BCUT2D eigenvalue weighted by atomic mass is 10.2. The van der Waals surface area contributed by atoms with Crippen LogP contribution in [0.3, 0.4) is 0 Å². The lowest BCUT2D eigenvalue weighted by Gasteiger charge is -2.16. The van der Waals surface area contributed by atoms with Gasteiger partial charge >= 0.3 is 0 Å². The molecule has 7 nitrogen and oxygen atoms in total. The molecule has 3 heterocycles. The Morgan fingerprint density at radius 2 is 2.09 bits per heavy atom. The largest absolute Gasteiger partial charge is 0.376 e. The van der Waals surface area contributed by atoms with Gasteiger partial charge in [0.05, 0.1) is 28.1 Å². The van der Waals surface area contributed by atoms with Crippen LogP contribution in [0.2, 0.25) is 0 Å². The highest BCUT2D eigenvalue weighted by Gasteiger charge is 2.25. The number of aromatic nitrogens is 4. The number of amides is 1. The second-order valence-electron chi connectivity index (χ2n) is 7.79. The number of hydrogen-bond acceptors (Lipinski definition) is 7. The normalized spacial score (nSPS) is 16.8. The molecule has 170 valence electrons. The number of carbonyl (C=O) groups is 1. The van der Waals surface area contributed by atoms with Crippen molar-refractivity contribution in [3.05, 3.63) is 54.3 Å². The van der Waals surface area contributed by atoms with Crippen LogP contribution in [0.4, 0.5) is 9.52 Å². The summed E-state index contributed by atoms with van der Waals surface area (Å²) in [5, 5.41) is 12.4. The Morgan fingerprint density at radius 1 is 1.27 bits per heavy atom. The van der Waals surface area contributed by atoms with Crippen molar-refractivity contribution >= 4 is 44.4 Å². The summed E-state index contributed by atoms with van der Waals surface area (Å²) in [7, 11) is 0. The van der Waals surface area contributed by atoms with E-state index in [0.29, 0.717) is 22.7 Å². The SMILES string of the molecule is CC(Sc1nnc(-c2ccc(F)cc2)n1CC1CCCO1)C(=O)Nc1nc2ccccc2s1. The highest BCUT2D eigenvalue weighted by molar-refractivity contribution is 8.00. The molecule has 5 rings (SSSR count). The van der Waals surface area contributed by atoms with Crippen molar-refractivity contribution < 1.29 is 13.9 Å². The lowest BCUT2D eigenvalue weighted by Crippen LogP contribution is -2.23. The number of para-hydroxylation sites is 1. The number of fused-ring (bicyclic) bond motifs is 1. The maximum Gasteiger partial charge on any atom is 0.239 e. The molecule has 0 aliphatic carbocycles. The maximum atomic E-state index is 13.4. The van der Waals surface area contributed by atoms with E-state index in [-0.39, 0.29) is 17.8 Å². The van der Waals surface area contributed by atoms with Crippen molar-refractivity contribution in [3.8, 4) is 11.4 Å². The molecular weight excluding hydrogens is 461 g/mol. The fraction of sp³-hybridized carbons (Fsp3) is 0.304. The molecule has 1 saturated heterocycles. The van der Waals surface area contributed by atoms with Crippen LogP contribution in [-0.4, -0.2) is 43.6 Å². The maximum absolute atomic E-state index is 13.4. The highest BCUT2D eigenvalue weighted by atomic mass is 32.2. The van der Waals surface area contributed by atoms with Gasteiger partial charge in [0.2, 0.25) is 5.91 Å². The van der Waals surface area contributed by atoms with E-state index in [1.807, 2.05) is 35.8 Å². The Balaban J connectivity index is 1.35. The smallest absolute Gasteiger partial charge is 0.239 e. The zero-order chi connectivity index (χ0) is 22.8. The van der Waals surface area contributed by atoms with E-state index in [2.05, 4.69) is 20.5 Å². The van der Waals surface area contributed by atoms with Crippen molar-refractivity contribution in [2.45, 2.75) is 42.8 Å². The summed E-state index contributed by atoms with van der Waals surface area (Å²) < 4.78 is 22.2. The van der Waals surface area contributed by atoms with Crippen LogP contribution in [0.1, 0.15) is 19.8 Å². The van der Waals surface area contributed by atoms with E-state index in [4.69, 9.17) is 4.74 Å². The molecule has 1 fully saturated rings. The molecule has 2 aromatic carbocycles. The zero-order valence-electron chi connectivity index (χ0n) is 17.9. The van der Waals surface area contributed by atoms with Gasteiger partial charge in [-0.05, 0) is 56.2 Å². The van der Waals surface area contributed by atoms with Gasteiger partial charge in [0, 0.05) is 12.2 Å². The minimum absolute atomic E-state index is 0.0615. The lowest BCUT2D eigenvalue weighted by molar-refractivity contribution is -0.115. The number of anilines is 1. The van der Waals surface area contributed by atoms with Gasteiger partial charge in [0.1, 0.15) is 5.82 Å². The number of thiazole rings is 1. The first kappa shape index (κ1) is 22.0. The third-order valence-electron chi connectivity index (χ3n) is 5.40. The van der Waals surface area contributed by atoms with Crippen LogP contribution in [-0.2, 0) is 16.1 Å². The van der Waals surface area contributed by atoms with Crippen molar-refractivity contribution in [3.63, 3.8) is 0 Å². The van der Waals surface area contributed by atoms with Crippen molar-refractivity contribution in [1.82, 2.24) is 19.7 Å². The van der Waals surface area contributed by atoms with Gasteiger partial charge in [0.15, 0.2) is 16.1 Å². The fourth-order valence-corrected chi connectivity index (χ4v) is 5.42. The molecule has 1 N–H and O–H groups in total. The zero-order valence-corrected chi connectivity index (χ0v) is 19.5. The summed E-state index contributed by atoms with van der Waals surface area (Å²) in [5.74, 6) is 0.166. The molecule has 1 amide bonds. The Morgan fingerprint density at radius 3 is 2.85 bits per heavy atom. The third kappa shape index (κ3) is 4.92. The van der Waals surface area contributed by atoms with Gasteiger partial charge in [0.25, 0.3) is 0 Å². The van der Waals surface area contributed by atoms with Crippen LogP contribution >= 0.6 is 23.1 Å². The molecule has 33 heavy (non-hydrogen) atoms. The molecule has 2 atom stereocenters. The average Bonchev–Trinajstić information content (AvgIpc) is 3.55. The monoisotopic (exact) mass is 483 g/mol. The van der Waals surface area contributed by atoms with Gasteiger partial charge in [-0.25, -0.2) is 9.37 Å². The van der Waals surface area contributed by atoms with Gasteiger partial charge in [-0.15, -0.1) is 10.2 Å². The van der Waals surface area contributed by atoms with E-state index in [1.165, 1.54) is 35.2 Å². The van der Waals surface area contributed by atoms with E-state index in [0.717, 1.165) is 35.2 Å². The number of rotatable bonds is 7. The van der Waals surface area contributed by atoms with Crippen molar-refractivity contribution in [2.24, 2.45) is 0 Å². The van der Waals surface area contributed by atoms with Crippen molar-refractivity contribution in [2.75, 3.05) is 11.9 Å². The molecule has 4 aromatic rings. The number of thioether (sulfide) groups is 1. The number of carbonyl (C=O) groups excluding carboxylic acids is 1. The molecule has 10 heteroatoms. The van der Waals surface area contributed by atoms with Crippen LogP contribution in [0.15, 0.2) is 53.7 Å². The van der Waals surface area contributed by atoms with Gasteiger partial charge < -0.3 is 10.1 Å². The van der Waals surface area contributed by atoms with E-state index in [1.54, 1.807) is 12.1 Å². The highest BCUT2D eigenvalue weighted by Crippen LogP contribution is 2.30. The molecule has 1 aliphatic rings. The topological polar surface area (TPSA) is 81.9 Å². The van der Waals surface area contributed by atoms with Crippen LogP contribution < -0.4 is 5.32 Å². The first-order valence-electron chi connectivity index (χ1n) is 10.7. The number of hydrogen-bond donors (Lipinski definition) is 1. The van der Waals surface area contributed by atoms with Gasteiger partial charge in [-0.2, -0.15) is 0 Å². The van der Waals surface area contributed by atoms with E-state index < -0.39 is 5.25 Å². The number of nitrogens with zero attached hydrogens (tertiary/aromatic N) is 4. The number of ether oxygens (including phenoxy) is 1. The first-order valence-corrected chi connectivity index (χ1v) is 12.4. The molecule has 0 spiro atoms. The summed E-state index contributed by atoms with van der Waals surface area (Å²) >= 11 is 2.77. The summed E-state index contributed by atoms with van der Waals surface area (Å²) in [6.07, 6.45) is 2.03. The number of nitrogens with one attached hydrogen (secondary N) is 1. The molecule has 2 aromatic heterocycles. The second-order valence-corrected chi connectivity index (χ2v) is 10.1. The molecule has 2 unspecified atom stereocenters. The van der Waals surface area contributed by atoms with Crippen LogP contribution in [0, 0.1) is 5.82 Å². The molecular formula is C23H22FN5O2S2. The van der Waals surface area contributed by atoms with Crippen LogP contribution in [0.25, 0.3) is 21.6 Å². The molecule has 0 bridgehead atoms. The number of benzene rings is 2. The minimum Gasteiger partial charge on any atom is -0.376 e. The Hall–Kier alpha value is -2.82. The summed E-state index contributed by atoms with van der Waals surface area (Å²) in [6, 6.07) is 13.9. The summed E-state index contributed by atoms with van der Waals surface area (Å²) in [5.41, 5.74) is 1.62. The Kier molecular flexibility index (Phi) is 6.39. The van der Waals surface area contributed by atoms with Gasteiger partial charge in [-0.3, -0.25) is 9.36 Å². The average molecular weight is 484 g/mol. The second kappa shape index (κ2) is 9.58. The van der Waals surface area contributed by atoms with Gasteiger partial charge in [-0.1, -0.05) is 35.2 Å².